The second kappa shape index (κ2) is 10.3. The van der Waals surface area contributed by atoms with Gasteiger partial charge in [0.1, 0.15) is 0 Å². The predicted molar refractivity (Wildman–Crippen MR) is 117 cm³/mol. The van der Waals surface area contributed by atoms with Gasteiger partial charge in [0.15, 0.2) is 11.7 Å². The first kappa shape index (κ1) is 22.8. The number of nitrogens with one attached hydrogen (secondary N) is 1. The van der Waals surface area contributed by atoms with Crippen LogP contribution in [0.2, 0.25) is 0 Å². The molecule has 28 heavy (non-hydrogen) atoms. The van der Waals surface area contributed by atoms with Crippen molar-refractivity contribution in [2.75, 3.05) is 25.0 Å². The number of nitrogens with two attached hydrogens (primary N) is 1. The zero-order chi connectivity index (χ0) is 19.3. The predicted octanol–water partition coefficient (Wildman–Crippen LogP) is 4.83. The minimum Gasteiger partial charge on any atom is -0.404 e. The van der Waals surface area contributed by atoms with Crippen LogP contribution in [-0.4, -0.2) is 36.9 Å². The maximum atomic E-state index is 12.5. The highest BCUT2D eigenvalue weighted by molar-refractivity contribution is 14.0. The van der Waals surface area contributed by atoms with Gasteiger partial charge in [-0.15, -0.1) is 48.5 Å². The summed E-state index contributed by atoms with van der Waals surface area (Å²) in [5, 5.41) is 4.73. The van der Waals surface area contributed by atoms with Crippen LogP contribution in [0.5, 0.6) is 5.75 Å². The van der Waals surface area contributed by atoms with Crippen molar-refractivity contribution in [2.45, 2.75) is 25.2 Å². The highest BCUT2D eigenvalue weighted by atomic mass is 127. The smallest absolute Gasteiger partial charge is 0.404 e. The first-order chi connectivity index (χ1) is 12.9. The zero-order valence-corrected chi connectivity index (χ0v) is 18.1. The van der Waals surface area contributed by atoms with E-state index in [0.29, 0.717) is 6.54 Å². The van der Waals surface area contributed by atoms with Crippen molar-refractivity contribution < 1.29 is 17.9 Å². The molecule has 0 spiro atoms. The van der Waals surface area contributed by atoms with E-state index in [9.17, 15) is 13.2 Å². The fraction of sp³-hybridized carbons (Fsp3) is 0.389. The molecule has 1 aliphatic rings. The Morgan fingerprint density at radius 3 is 2.57 bits per heavy atom. The van der Waals surface area contributed by atoms with E-state index in [2.05, 4.69) is 26.0 Å². The molecular formula is C18H22F3IN4OS. The van der Waals surface area contributed by atoms with Gasteiger partial charge in [-0.1, -0.05) is 18.2 Å². The number of halogens is 4. The number of hydrogen-bond acceptors (Lipinski definition) is 4. The van der Waals surface area contributed by atoms with Crippen molar-refractivity contribution in [1.29, 1.82) is 0 Å². The lowest BCUT2D eigenvalue weighted by Gasteiger charge is -2.25. The lowest BCUT2D eigenvalue weighted by Crippen LogP contribution is -2.30. The van der Waals surface area contributed by atoms with Crippen molar-refractivity contribution in [3.05, 3.63) is 46.7 Å². The average Bonchev–Trinajstić information content (AvgIpc) is 3.30. The van der Waals surface area contributed by atoms with Crippen LogP contribution >= 0.6 is 35.3 Å². The van der Waals surface area contributed by atoms with Crippen LogP contribution < -0.4 is 15.8 Å². The summed E-state index contributed by atoms with van der Waals surface area (Å²) in [5.41, 5.74) is 6.04. The minimum atomic E-state index is -4.77. The standard InChI is InChI=1S/C18H21F3N4OS.HI/c19-18(20,21)26-15-7-2-1-6-13(15)24-17(22)23-12-14(16-8-5-11-27-16)25-9-3-4-10-25;/h1-2,5-8,11,14H,3-4,9-10,12H2,(H3,22,23,24);1H. The van der Waals surface area contributed by atoms with Gasteiger partial charge in [0.2, 0.25) is 0 Å². The van der Waals surface area contributed by atoms with Crippen LogP contribution in [0.25, 0.3) is 0 Å². The number of hydrogen-bond donors (Lipinski definition) is 2. The van der Waals surface area contributed by atoms with E-state index < -0.39 is 6.36 Å². The molecule has 1 unspecified atom stereocenters. The fourth-order valence-corrected chi connectivity index (χ4v) is 3.92. The number of rotatable bonds is 6. The number of aliphatic imine (C=N–C) groups is 1. The zero-order valence-electron chi connectivity index (χ0n) is 15.0. The number of guanidine groups is 1. The molecule has 10 heteroatoms. The van der Waals surface area contributed by atoms with Gasteiger partial charge in [0, 0.05) is 4.88 Å². The topological polar surface area (TPSA) is 62.9 Å². The van der Waals surface area contributed by atoms with Crippen LogP contribution in [-0.2, 0) is 0 Å². The average molecular weight is 526 g/mol. The number of likely N-dealkylation sites (tertiary alicyclic amines) is 1. The van der Waals surface area contributed by atoms with Crippen LogP contribution in [0.4, 0.5) is 18.9 Å². The quantitative estimate of drug-likeness (QED) is 0.322. The van der Waals surface area contributed by atoms with E-state index in [-0.39, 0.29) is 47.4 Å². The lowest BCUT2D eigenvalue weighted by molar-refractivity contribution is -0.274. The summed E-state index contributed by atoms with van der Waals surface area (Å²) < 4.78 is 41.6. The molecule has 1 aliphatic heterocycles. The van der Waals surface area contributed by atoms with E-state index in [0.717, 1.165) is 25.9 Å². The van der Waals surface area contributed by atoms with E-state index >= 15 is 0 Å². The Bertz CT molecular complexity index is 764. The Balaban J connectivity index is 0.00000280. The SMILES string of the molecule is I.NC(=NCC(c1cccs1)N1CCCC1)Nc1ccccc1OC(F)(F)F. The van der Waals surface area contributed by atoms with Gasteiger partial charge < -0.3 is 15.8 Å². The van der Waals surface area contributed by atoms with Gasteiger partial charge in [-0.2, -0.15) is 0 Å². The monoisotopic (exact) mass is 526 g/mol. The number of benzene rings is 1. The number of ether oxygens (including phenoxy) is 1. The Kier molecular flexibility index (Phi) is 8.38. The minimum absolute atomic E-state index is 0. The summed E-state index contributed by atoms with van der Waals surface area (Å²) >= 11 is 1.67. The van der Waals surface area contributed by atoms with Crippen molar-refractivity contribution in [3.63, 3.8) is 0 Å². The molecule has 3 rings (SSSR count). The van der Waals surface area contributed by atoms with Crippen LogP contribution in [0.3, 0.4) is 0 Å². The molecule has 1 saturated heterocycles. The van der Waals surface area contributed by atoms with Gasteiger partial charge in [-0.05, 0) is 49.5 Å². The molecule has 5 nitrogen and oxygen atoms in total. The highest BCUT2D eigenvalue weighted by Gasteiger charge is 2.32. The normalized spacial score (nSPS) is 16.5. The first-order valence-electron chi connectivity index (χ1n) is 8.61. The molecule has 1 atom stereocenters. The summed E-state index contributed by atoms with van der Waals surface area (Å²) in [6.07, 6.45) is -2.47. The molecule has 1 aromatic heterocycles. The molecule has 154 valence electrons. The third kappa shape index (κ3) is 6.52. The van der Waals surface area contributed by atoms with E-state index in [1.165, 1.54) is 23.1 Å². The lowest BCUT2D eigenvalue weighted by atomic mass is 10.2. The number of para-hydroxylation sites is 2. The maximum absolute atomic E-state index is 12.5. The third-order valence-corrected chi connectivity index (χ3v) is 5.24. The molecule has 0 saturated carbocycles. The third-order valence-electron chi connectivity index (χ3n) is 4.26. The van der Waals surface area contributed by atoms with E-state index in [1.54, 1.807) is 17.4 Å². The van der Waals surface area contributed by atoms with E-state index in [1.807, 2.05) is 11.4 Å². The molecule has 0 amide bonds. The second-order valence-electron chi connectivity index (χ2n) is 6.17. The molecule has 0 radical (unpaired) electrons. The summed E-state index contributed by atoms with van der Waals surface area (Å²) in [4.78, 5) is 7.94. The maximum Gasteiger partial charge on any atom is 0.573 e. The molecule has 3 N–H and O–H groups in total. The molecule has 2 heterocycles. The van der Waals surface area contributed by atoms with Gasteiger partial charge in [0.05, 0.1) is 18.3 Å². The first-order valence-corrected chi connectivity index (χ1v) is 9.49. The molecule has 0 aliphatic carbocycles. The summed E-state index contributed by atoms with van der Waals surface area (Å²) in [5.74, 6) is -0.300. The van der Waals surface area contributed by atoms with Gasteiger partial charge in [0.25, 0.3) is 0 Å². The largest absolute Gasteiger partial charge is 0.573 e. The number of alkyl halides is 3. The Morgan fingerprint density at radius 1 is 1.21 bits per heavy atom. The highest BCUT2D eigenvalue weighted by Crippen LogP contribution is 2.30. The number of thiophene rings is 1. The molecule has 1 fully saturated rings. The van der Waals surface area contributed by atoms with Gasteiger partial charge >= 0.3 is 6.36 Å². The van der Waals surface area contributed by atoms with Gasteiger partial charge in [-0.3, -0.25) is 9.89 Å². The summed E-state index contributed by atoms with van der Waals surface area (Å²) in [6.45, 7) is 2.45. The van der Waals surface area contributed by atoms with Crippen LogP contribution in [0.15, 0.2) is 46.8 Å². The molecule has 0 bridgehead atoms. The van der Waals surface area contributed by atoms with Crippen molar-refractivity contribution >= 4 is 47.0 Å². The molecular weight excluding hydrogens is 504 g/mol. The number of nitrogens with zero attached hydrogens (tertiary/aromatic N) is 2. The van der Waals surface area contributed by atoms with Crippen LogP contribution in [0.1, 0.15) is 23.8 Å². The Labute approximate surface area is 182 Å². The molecule has 1 aromatic carbocycles. The Morgan fingerprint density at radius 2 is 1.93 bits per heavy atom. The molecule has 2 aromatic rings. The van der Waals surface area contributed by atoms with Gasteiger partial charge in [-0.25, -0.2) is 0 Å². The fourth-order valence-electron chi connectivity index (χ4n) is 3.07. The summed E-state index contributed by atoms with van der Waals surface area (Å²) in [6, 6.07) is 9.92. The second-order valence-corrected chi connectivity index (χ2v) is 7.15. The van der Waals surface area contributed by atoms with Crippen molar-refractivity contribution in [3.8, 4) is 5.75 Å². The summed E-state index contributed by atoms with van der Waals surface area (Å²) in [7, 11) is 0. The van der Waals surface area contributed by atoms with Crippen molar-refractivity contribution in [1.82, 2.24) is 4.90 Å². The van der Waals surface area contributed by atoms with Crippen LogP contribution in [0, 0.1) is 0 Å². The van der Waals surface area contributed by atoms with E-state index in [4.69, 9.17) is 5.73 Å². The Hall–Kier alpha value is -1.53. The van der Waals surface area contributed by atoms with Crippen molar-refractivity contribution in [2.24, 2.45) is 10.7 Å². The number of anilines is 1.